The number of hydrazine groups is 1. The zero-order valence-electron chi connectivity index (χ0n) is 11.7. The topological polar surface area (TPSA) is 45.5 Å². The molecule has 110 valence electrons. The second kappa shape index (κ2) is 5.40. The highest BCUT2D eigenvalue weighted by Crippen LogP contribution is 2.41. The zero-order chi connectivity index (χ0) is 14.2. The third-order valence-electron chi connectivity index (χ3n) is 4.72. The second-order valence-electron chi connectivity index (χ2n) is 5.86. The Morgan fingerprint density at radius 1 is 1.38 bits per heavy atom. The molecule has 21 heavy (non-hydrogen) atoms. The molecule has 0 radical (unpaired) electrons. The van der Waals surface area contributed by atoms with Gasteiger partial charge in [0.2, 0.25) is 0 Å². The Balaban J connectivity index is 1.76. The average molecular weight is 302 g/mol. The molecule has 1 N–H and O–H groups in total. The molecule has 3 aliphatic rings. The lowest BCUT2D eigenvalue weighted by molar-refractivity contribution is 0.110. The van der Waals surface area contributed by atoms with Crippen molar-refractivity contribution in [3.05, 3.63) is 34.2 Å². The quantitative estimate of drug-likeness (QED) is 0.885. The highest BCUT2D eigenvalue weighted by atomic mass is 32.1. The predicted octanol–water partition coefficient (Wildman–Crippen LogP) is 3.13. The maximum atomic E-state index is 11.1. The van der Waals surface area contributed by atoms with E-state index in [0.29, 0.717) is 17.6 Å². The normalized spacial score (nSPS) is 28.5. The maximum absolute atomic E-state index is 11.1. The molecule has 5 heterocycles. The summed E-state index contributed by atoms with van der Waals surface area (Å²) < 4.78 is 5.81. The van der Waals surface area contributed by atoms with Crippen LogP contribution in [0.2, 0.25) is 0 Å². The van der Waals surface area contributed by atoms with Crippen molar-refractivity contribution in [2.24, 2.45) is 5.92 Å². The molecule has 1 unspecified atom stereocenters. The van der Waals surface area contributed by atoms with Gasteiger partial charge in [-0.1, -0.05) is 0 Å². The van der Waals surface area contributed by atoms with Crippen LogP contribution in [0, 0.1) is 5.92 Å². The van der Waals surface area contributed by atoms with Gasteiger partial charge in [-0.3, -0.25) is 10.2 Å². The zero-order valence-corrected chi connectivity index (χ0v) is 12.6. The van der Waals surface area contributed by atoms with Gasteiger partial charge >= 0.3 is 0 Å². The SMILES string of the molecule is O=Cc1cc(C2CNN3CCC2CC3)c(-c2ccsc2)o1. The van der Waals surface area contributed by atoms with Crippen LogP contribution >= 0.6 is 11.3 Å². The number of hydrogen-bond donors (Lipinski definition) is 1. The Kier molecular flexibility index (Phi) is 3.41. The number of carbonyl (C=O) groups is 1. The van der Waals surface area contributed by atoms with Crippen LogP contribution in [-0.4, -0.2) is 30.9 Å². The lowest BCUT2D eigenvalue weighted by Gasteiger charge is -2.28. The summed E-state index contributed by atoms with van der Waals surface area (Å²) >= 11 is 1.65. The molecular weight excluding hydrogens is 284 g/mol. The second-order valence-corrected chi connectivity index (χ2v) is 6.64. The van der Waals surface area contributed by atoms with Crippen LogP contribution in [0.4, 0.5) is 0 Å². The van der Waals surface area contributed by atoms with E-state index < -0.39 is 0 Å². The Morgan fingerprint density at radius 2 is 2.24 bits per heavy atom. The van der Waals surface area contributed by atoms with E-state index in [2.05, 4.69) is 21.9 Å². The average Bonchev–Trinajstić information content (AvgIpc) is 3.10. The first-order valence-corrected chi connectivity index (χ1v) is 8.39. The molecule has 0 amide bonds. The van der Waals surface area contributed by atoms with Crippen molar-refractivity contribution in [2.75, 3.05) is 19.6 Å². The molecule has 2 aromatic heterocycles. The monoisotopic (exact) mass is 302 g/mol. The molecule has 2 bridgehead atoms. The Labute approximate surface area is 127 Å². The van der Waals surface area contributed by atoms with E-state index in [-0.39, 0.29) is 0 Å². The minimum atomic E-state index is 0.421. The lowest BCUT2D eigenvalue weighted by Crippen LogP contribution is -2.39. The van der Waals surface area contributed by atoms with Gasteiger partial charge < -0.3 is 4.42 Å². The standard InChI is InChI=1S/C16H18N2O2S/c19-9-13-7-14(16(20-13)12-3-6-21-10-12)15-8-17-18-4-1-11(15)2-5-18/h3,6-7,9-11,15,17H,1-2,4-5,8H2. The van der Waals surface area contributed by atoms with Gasteiger partial charge in [0.05, 0.1) is 0 Å². The number of fused-ring (bicyclic) bond motifs is 4. The van der Waals surface area contributed by atoms with Gasteiger partial charge in [0.25, 0.3) is 0 Å². The molecule has 3 fully saturated rings. The summed E-state index contributed by atoms with van der Waals surface area (Å²) in [5.74, 6) is 2.41. The molecule has 0 spiro atoms. The largest absolute Gasteiger partial charge is 0.453 e. The summed E-state index contributed by atoms with van der Waals surface area (Å²) in [6, 6.07) is 4.01. The van der Waals surface area contributed by atoms with Crippen molar-refractivity contribution < 1.29 is 9.21 Å². The summed E-state index contributed by atoms with van der Waals surface area (Å²) in [5.41, 5.74) is 5.80. The van der Waals surface area contributed by atoms with Crippen LogP contribution in [0.5, 0.6) is 0 Å². The molecular formula is C16H18N2O2S. The van der Waals surface area contributed by atoms with Gasteiger partial charge in [-0.2, -0.15) is 11.3 Å². The van der Waals surface area contributed by atoms with Crippen molar-refractivity contribution in [2.45, 2.75) is 18.8 Å². The fourth-order valence-electron chi connectivity index (χ4n) is 3.60. The summed E-state index contributed by atoms with van der Waals surface area (Å²) in [6.45, 7) is 3.17. The Hall–Kier alpha value is -1.43. The predicted molar refractivity (Wildman–Crippen MR) is 82.4 cm³/mol. The van der Waals surface area contributed by atoms with Gasteiger partial charge in [-0.15, -0.1) is 0 Å². The first-order chi connectivity index (χ1) is 10.3. The van der Waals surface area contributed by atoms with Gasteiger partial charge in [0.1, 0.15) is 5.76 Å². The molecule has 0 saturated carbocycles. The minimum absolute atomic E-state index is 0.421. The van der Waals surface area contributed by atoms with Crippen LogP contribution < -0.4 is 5.43 Å². The van der Waals surface area contributed by atoms with Crippen LogP contribution in [0.25, 0.3) is 11.3 Å². The number of piperidine rings is 1. The fraction of sp³-hybridized carbons (Fsp3) is 0.438. The number of nitrogens with zero attached hydrogens (tertiary/aromatic N) is 1. The van der Waals surface area contributed by atoms with Crippen molar-refractivity contribution in [1.82, 2.24) is 10.4 Å². The number of thiophene rings is 1. The van der Waals surface area contributed by atoms with Crippen LogP contribution in [-0.2, 0) is 0 Å². The molecule has 3 saturated heterocycles. The van der Waals surface area contributed by atoms with E-state index in [4.69, 9.17) is 4.42 Å². The molecule has 2 aromatic rings. The van der Waals surface area contributed by atoms with E-state index >= 15 is 0 Å². The molecule has 0 aliphatic carbocycles. The number of furan rings is 1. The van der Waals surface area contributed by atoms with E-state index in [0.717, 1.165) is 37.2 Å². The third kappa shape index (κ3) is 2.35. The van der Waals surface area contributed by atoms with Crippen molar-refractivity contribution in [3.8, 4) is 11.3 Å². The van der Waals surface area contributed by atoms with Gasteiger partial charge in [0.15, 0.2) is 12.0 Å². The number of nitrogens with one attached hydrogen (secondary N) is 1. The summed E-state index contributed by atoms with van der Waals surface area (Å²) in [5, 5.41) is 6.45. The van der Waals surface area contributed by atoms with Crippen LogP contribution in [0.15, 0.2) is 27.3 Å². The molecule has 5 rings (SSSR count). The summed E-state index contributed by atoms with van der Waals surface area (Å²) in [4.78, 5) is 11.1. The van der Waals surface area contributed by atoms with E-state index in [9.17, 15) is 4.79 Å². The molecule has 1 atom stereocenters. The summed E-state index contributed by atoms with van der Waals surface area (Å²) in [6.07, 6.45) is 3.23. The fourth-order valence-corrected chi connectivity index (χ4v) is 4.23. The first-order valence-electron chi connectivity index (χ1n) is 7.45. The third-order valence-corrected chi connectivity index (χ3v) is 5.41. The van der Waals surface area contributed by atoms with Crippen molar-refractivity contribution in [1.29, 1.82) is 0 Å². The maximum Gasteiger partial charge on any atom is 0.185 e. The summed E-state index contributed by atoms with van der Waals surface area (Å²) in [7, 11) is 0. The number of aldehydes is 1. The molecule has 3 aliphatic heterocycles. The molecule has 4 nitrogen and oxygen atoms in total. The van der Waals surface area contributed by atoms with E-state index in [1.807, 2.05) is 11.4 Å². The van der Waals surface area contributed by atoms with Gasteiger partial charge in [-0.25, -0.2) is 5.01 Å². The highest BCUT2D eigenvalue weighted by Gasteiger charge is 2.34. The van der Waals surface area contributed by atoms with E-state index in [1.54, 1.807) is 11.3 Å². The van der Waals surface area contributed by atoms with Gasteiger partial charge in [-0.05, 0) is 36.3 Å². The molecule has 0 aromatic carbocycles. The van der Waals surface area contributed by atoms with Gasteiger partial charge in [0, 0.05) is 42.1 Å². The lowest BCUT2D eigenvalue weighted by atomic mass is 9.80. The van der Waals surface area contributed by atoms with Crippen LogP contribution in [0.3, 0.4) is 0 Å². The number of rotatable bonds is 3. The molecule has 5 heteroatoms. The Morgan fingerprint density at radius 3 is 2.95 bits per heavy atom. The number of hydrogen-bond acceptors (Lipinski definition) is 5. The van der Waals surface area contributed by atoms with Crippen molar-refractivity contribution in [3.63, 3.8) is 0 Å². The van der Waals surface area contributed by atoms with Crippen LogP contribution in [0.1, 0.15) is 34.9 Å². The first kappa shape index (κ1) is 13.2. The smallest absolute Gasteiger partial charge is 0.185 e. The number of carbonyl (C=O) groups excluding carboxylic acids is 1. The van der Waals surface area contributed by atoms with E-state index in [1.165, 1.54) is 18.4 Å². The highest BCUT2D eigenvalue weighted by molar-refractivity contribution is 7.08. The minimum Gasteiger partial charge on any atom is -0.453 e. The Bertz CT molecular complexity index is 627. The van der Waals surface area contributed by atoms with Crippen molar-refractivity contribution >= 4 is 17.6 Å².